The van der Waals surface area contributed by atoms with E-state index in [0.29, 0.717) is 32.8 Å². The number of aliphatic hydroxyl groups is 5. The van der Waals surface area contributed by atoms with Crippen molar-refractivity contribution in [3.05, 3.63) is 0 Å². The van der Waals surface area contributed by atoms with Crippen LogP contribution in [0.25, 0.3) is 0 Å². The van der Waals surface area contributed by atoms with Gasteiger partial charge in [-0.2, -0.15) is 0 Å². The molecule has 9 heteroatoms. The van der Waals surface area contributed by atoms with E-state index in [9.17, 15) is 0 Å². The molecule has 8 nitrogen and oxygen atoms in total. The van der Waals surface area contributed by atoms with Gasteiger partial charge >= 0.3 is 0 Å². The van der Waals surface area contributed by atoms with E-state index in [1.807, 2.05) is 0 Å². The molecule has 0 spiro atoms. The van der Waals surface area contributed by atoms with E-state index in [0.717, 1.165) is 25.7 Å². The van der Waals surface area contributed by atoms with Crippen molar-refractivity contribution in [1.29, 1.82) is 0 Å². The predicted octanol–water partition coefficient (Wildman–Crippen LogP) is -0.533. The molecule has 0 fully saturated rings. The van der Waals surface area contributed by atoms with Gasteiger partial charge in [0.2, 0.25) is 0 Å². The van der Waals surface area contributed by atoms with Gasteiger partial charge in [-0.1, -0.05) is 26.7 Å². The summed E-state index contributed by atoms with van der Waals surface area (Å²) in [6, 6.07) is 0. The molecule has 0 aliphatic heterocycles. The Morgan fingerprint density at radius 1 is 0.565 bits per heavy atom. The molecule has 0 aromatic carbocycles. The maximum absolute atomic E-state index is 8.48. The molecule has 0 heterocycles. The van der Waals surface area contributed by atoms with E-state index in [-0.39, 0.29) is 52.5 Å². The largest absolute Gasteiger partial charge is 0.870 e. The van der Waals surface area contributed by atoms with Gasteiger partial charge in [0.25, 0.3) is 0 Å². The zero-order valence-electron chi connectivity index (χ0n) is 14.6. The molecule has 0 rings (SSSR count). The molecule has 0 atom stereocenters. The average Bonchev–Trinajstić information content (AvgIpc) is 2.43. The zero-order valence-corrected chi connectivity index (χ0v) is 16.1. The fraction of sp³-hybridized carbons (Fsp3) is 1.00. The maximum Gasteiger partial charge on any atom is 0.0558 e. The van der Waals surface area contributed by atoms with Crippen LogP contribution in [0.15, 0.2) is 0 Å². The number of nitrogens with zero attached hydrogens (tertiary/aromatic N) is 1. The van der Waals surface area contributed by atoms with E-state index < -0.39 is 0 Å². The molecule has 0 amide bonds. The minimum Gasteiger partial charge on any atom is -0.870 e. The van der Waals surface area contributed by atoms with Gasteiger partial charge in [0.05, 0.1) is 19.8 Å². The molecule has 23 heavy (non-hydrogen) atoms. The number of unbranched alkanes of at least 4 members (excludes halogenated alkanes) is 2. The third-order valence-corrected chi connectivity index (χ3v) is 2.27. The number of hydrogen-bond donors (Lipinski definition) is 5. The van der Waals surface area contributed by atoms with Crippen molar-refractivity contribution >= 4 is 0 Å². The Morgan fingerprint density at radius 2 is 0.826 bits per heavy atom. The molecule has 0 saturated carbocycles. The van der Waals surface area contributed by atoms with Crippen LogP contribution in [0, 0.1) is 0 Å². The Morgan fingerprint density at radius 3 is 0.913 bits per heavy atom. The van der Waals surface area contributed by atoms with Gasteiger partial charge in [-0.15, -0.1) is 0 Å². The molecule has 0 aliphatic carbocycles. The molecule has 0 bridgehead atoms. The summed E-state index contributed by atoms with van der Waals surface area (Å²) in [6.45, 7) is 6.54. The molecular formula is C14H37NO7Ti-2. The summed E-state index contributed by atoms with van der Waals surface area (Å²) in [5.41, 5.74) is 0. The standard InChI is InChI=1S/C6H15NO3.2C4H10O.2H2O.Ti/c8-4-1-7(2-5-9)3-6-10;2*1-2-3-4-5;;;/h8-10H,1-6H2;2*5H,2-4H2,1H3;2*1H2;/p-2. The second-order valence-electron chi connectivity index (χ2n) is 4.17. The van der Waals surface area contributed by atoms with Gasteiger partial charge in [0.1, 0.15) is 0 Å². The van der Waals surface area contributed by atoms with Crippen molar-refractivity contribution in [2.75, 3.05) is 52.7 Å². The van der Waals surface area contributed by atoms with E-state index in [2.05, 4.69) is 13.8 Å². The molecule has 0 aromatic heterocycles. The summed E-state index contributed by atoms with van der Waals surface area (Å²) < 4.78 is 0. The van der Waals surface area contributed by atoms with Crippen molar-refractivity contribution in [2.45, 2.75) is 39.5 Å². The van der Waals surface area contributed by atoms with Gasteiger partial charge in [0, 0.05) is 54.6 Å². The van der Waals surface area contributed by atoms with E-state index >= 15 is 0 Å². The minimum atomic E-state index is 0. The Balaban J connectivity index is -0.0000000483. The quantitative estimate of drug-likeness (QED) is 0.316. The zero-order chi connectivity index (χ0) is 16.1. The first kappa shape index (κ1) is 38.8. The Hall–Kier alpha value is 0.394. The smallest absolute Gasteiger partial charge is 0.0558 e. The Bertz CT molecular complexity index is 124. The summed E-state index contributed by atoms with van der Waals surface area (Å²) in [5, 5.41) is 41.6. The summed E-state index contributed by atoms with van der Waals surface area (Å²) in [5.74, 6) is 0. The van der Waals surface area contributed by atoms with Crippen LogP contribution in [0.2, 0.25) is 0 Å². The molecule has 146 valence electrons. The van der Waals surface area contributed by atoms with Crippen LogP contribution in [0.5, 0.6) is 0 Å². The van der Waals surface area contributed by atoms with Crippen molar-refractivity contribution in [1.82, 2.24) is 4.90 Å². The van der Waals surface area contributed by atoms with Gasteiger partial charge in [-0.05, 0) is 12.8 Å². The monoisotopic (exact) mass is 379 g/mol. The minimum absolute atomic E-state index is 0. The SMILES string of the molecule is CCCCO.CCCCO.OCCN(CCO)CCO.[OH-].[OH-].[Ti]. The van der Waals surface area contributed by atoms with E-state index in [1.54, 1.807) is 4.90 Å². The summed E-state index contributed by atoms with van der Waals surface area (Å²) in [6.07, 6.45) is 4.08. The van der Waals surface area contributed by atoms with Crippen LogP contribution in [0.3, 0.4) is 0 Å². The van der Waals surface area contributed by atoms with Crippen molar-refractivity contribution < 1.29 is 58.2 Å². The molecule has 0 aromatic rings. The van der Waals surface area contributed by atoms with Crippen LogP contribution in [-0.2, 0) is 21.7 Å². The summed E-state index contributed by atoms with van der Waals surface area (Å²) in [4.78, 5) is 1.79. The molecule has 0 radical (unpaired) electrons. The topological polar surface area (TPSA) is 164 Å². The fourth-order valence-corrected chi connectivity index (χ4v) is 1.08. The summed E-state index contributed by atoms with van der Waals surface area (Å²) in [7, 11) is 0. The molecular weight excluding hydrogens is 342 g/mol. The van der Waals surface area contributed by atoms with Crippen LogP contribution in [0.1, 0.15) is 39.5 Å². The second kappa shape index (κ2) is 43.3. The van der Waals surface area contributed by atoms with E-state index in [1.165, 1.54) is 0 Å². The van der Waals surface area contributed by atoms with Gasteiger partial charge in [0.15, 0.2) is 0 Å². The van der Waals surface area contributed by atoms with Gasteiger partial charge < -0.3 is 36.5 Å². The average molecular weight is 379 g/mol. The summed E-state index contributed by atoms with van der Waals surface area (Å²) >= 11 is 0. The van der Waals surface area contributed by atoms with Crippen molar-refractivity contribution in [3.63, 3.8) is 0 Å². The third kappa shape index (κ3) is 51.9. The van der Waals surface area contributed by atoms with E-state index in [4.69, 9.17) is 25.5 Å². The Labute approximate surface area is 155 Å². The molecule has 0 saturated heterocycles. The number of rotatable bonds is 10. The Kier molecular flexibility index (Phi) is 72.9. The van der Waals surface area contributed by atoms with Gasteiger partial charge in [-0.3, -0.25) is 4.90 Å². The van der Waals surface area contributed by atoms with Crippen LogP contribution < -0.4 is 0 Å². The maximum atomic E-state index is 8.48. The van der Waals surface area contributed by atoms with Gasteiger partial charge in [-0.25, -0.2) is 0 Å². The molecule has 0 unspecified atom stereocenters. The van der Waals surface area contributed by atoms with Crippen LogP contribution in [0.4, 0.5) is 0 Å². The first-order valence-corrected chi connectivity index (χ1v) is 7.44. The van der Waals surface area contributed by atoms with Crippen molar-refractivity contribution in [2.24, 2.45) is 0 Å². The molecule has 7 N–H and O–H groups in total. The normalized spacial score (nSPS) is 8.35. The molecule has 0 aliphatic rings. The number of aliphatic hydroxyl groups excluding tert-OH is 5. The number of hydrogen-bond acceptors (Lipinski definition) is 8. The fourth-order valence-electron chi connectivity index (χ4n) is 1.08. The third-order valence-electron chi connectivity index (χ3n) is 2.27. The van der Waals surface area contributed by atoms with Crippen LogP contribution >= 0.6 is 0 Å². The van der Waals surface area contributed by atoms with Crippen molar-refractivity contribution in [3.8, 4) is 0 Å². The van der Waals surface area contributed by atoms with Crippen LogP contribution in [-0.4, -0.2) is 94.1 Å². The predicted molar refractivity (Wildman–Crippen MR) is 85.6 cm³/mol. The first-order chi connectivity index (χ1) is 9.67. The first-order valence-electron chi connectivity index (χ1n) is 7.44. The second-order valence-corrected chi connectivity index (χ2v) is 4.17.